The Morgan fingerprint density at radius 1 is 1.38 bits per heavy atom. The van der Waals surface area contributed by atoms with Crippen LogP contribution in [0, 0.1) is 0 Å². The van der Waals surface area contributed by atoms with Gasteiger partial charge in [0.15, 0.2) is 5.96 Å². The number of nitrogens with zero attached hydrogens (tertiary/aromatic N) is 2. The van der Waals surface area contributed by atoms with Crippen LogP contribution in [-0.4, -0.2) is 70.6 Å². The molecular weight excluding hydrogens is 306 g/mol. The first-order valence-corrected chi connectivity index (χ1v) is 8.59. The molecule has 1 saturated heterocycles. The van der Waals surface area contributed by atoms with Crippen LogP contribution in [0.4, 0.5) is 0 Å². The summed E-state index contributed by atoms with van der Waals surface area (Å²) < 4.78 is 16.7. The minimum atomic E-state index is 0.103. The summed E-state index contributed by atoms with van der Waals surface area (Å²) in [6.07, 6.45) is 1.13. The van der Waals surface area contributed by atoms with E-state index < -0.39 is 0 Å². The van der Waals surface area contributed by atoms with Gasteiger partial charge in [-0.25, -0.2) is 0 Å². The topological polar surface area (TPSA) is 55.3 Å². The second kappa shape index (κ2) is 8.35. The molecule has 3 rings (SSSR count). The van der Waals surface area contributed by atoms with E-state index in [1.807, 2.05) is 19.2 Å². The summed E-state index contributed by atoms with van der Waals surface area (Å²) in [5.41, 5.74) is 1.28. The van der Waals surface area contributed by atoms with Crippen LogP contribution >= 0.6 is 0 Å². The van der Waals surface area contributed by atoms with Crippen LogP contribution in [0.1, 0.15) is 17.9 Å². The molecule has 6 nitrogen and oxygen atoms in total. The molecule has 2 aliphatic heterocycles. The van der Waals surface area contributed by atoms with E-state index in [0.29, 0.717) is 19.1 Å². The average molecular weight is 333 g/mol. The molecule has 2 unspecified atom stereocenters. The number of ether oxygens (including phenoxy) is 3. The Labute approximate surface area is 143 Å². The maximum absolute atomic E-state index is 5.75. The average Bonchev–Trinajstić information content (AvgIpc) is 2.63. The molecule has 132 valence electrons. The van der Waals surface area contributed by atoms with Crippen molar-refractivity contribution in [2.24, 2.45) is 4.99 Å². The van der Waals surface area contributed by atoms with Crippen LogP contribution < -0.4 is 10.1 Å². The maximum atomic E-state index is 5.75. The summed E-state index contributed by atoms with van der Waals surface area (Å²) in [5, 5.41) is 3.54. The summed E-state index contributed by atoms with van der Waals surface area (Å²) in [7, 11) is 3.54. The smallest absolute Gasteiger partial charge is 0.193 e. The first-order chi connectivity index (χ1) is 11.8. The van der Waals surface area contributed by atoms with Crippen LogP contribution in [0.3, 0.4) is 0 Å². The number of hydrogen-bond acceptors (Lipinski definition) is 4. The number of aliphatic imine (C=N–C) groups is 1. The number of para-hydroxylation sites is 1. The lowest BCUT2D eigenvalue weighted by atomic mass is 9.93. The van der Waals surface area contributed by atoms with E-state index in [1.165, 1.54) is 5.56 Å². The van der Waals surface area contributed by atoms with E-state index in [2.05, 4.69) is 27.3 Å². The molecule has 0 radical (unpaired) electrons. The van der Waals surface area contributed by atoms with Crippen molar-refractivity contribution in [2.75, 3.05) is 53.6 Å². The second-order valence-corrected chi connectivity index (χ2v) is 6.19. The zero-order chi connectivity index (χ0) is 16.8. The number of methoxy groups -OCH3 is 1. The van der Waals surface area contributed by atoms with Gasteiger partial charge < -0.3 is 24.4 Å². The number of guanidine groups is 1. The van der Waals surface area contributed by atoms with E-state index in [9.17, 15) is 0 Å². The zero-order valence-electron chi connectivity index (χ0n) is 14.5. The predicted molar refractivity (Wildman–Crippen MR) is 93.8 cm³/mol. The number of nitrogens with one attached hydrogen (secondary N) is 1. The van der Waals surface area contributed by atoms with Crippen molar-refractivity contribution in [1.82, 2.24) is 10.2 Å². The standard InChI is InChI=1S/C18H27N3O3/c1-19-18(21-8-10-23-15(12-21)13-22-2)20-11-14-7-9-24-17-6-4-3-5-16(14)17/h3-6,14-15H,7-13H2,1-2H3,(H,19,20). The van der Waals surface area contributed by atoms with E-state index in [-0.39, 0.29) is 6.10 Å². The van der Waals surface area contributed by atoms with Gasteiger partial charge in [-0.15, -0.1) is 0 Å². The molecule has 0 spiro atoms. The summed E-state index contributed by atoms with van der Waals surface area (Å²) in [6.45, 7) is 4.60. The summed E-state index contributed by atoms with van der Waals surface area (Å²) in [6, 6.07) is 8.31. The van der Waals surface area contributed by atoms with Gasteiger partial charge in [-0.05, 0) is 18.1 Å². The molecule has 1 N–H and O–H groups in total. The Balaban J connectivity index is 1.59. The van der Waals surface area contributed by atoms with Crippen LogP contribution in [0.15, 0.2) is 29.3 Å². The van der Waals surface area contributed by atoms with E-state index in [4.69, 9.17) is 14.2 Å². The van der Waals surface area contributed by atoms with Gasteiger partial charge in [0, 0.05) is 39.7 Å². The van der Waals surface area contributed by atoms with E-state index in [1.54, 1.807) is 7.11 Å². The highest BCUT2D eigenvalue weighted by atomic mass is 16.5. The first kappa shape index (κ1) is 17.0. The Morgan fingerprint density at radius 2 is 2.25 bits per heavy atom. The van der Waals surface area contributed by atoms with Crippen molar-refractivity contribution < 1.29 is 14.2 Å². The molecule has 1 aromatic rings. The zero-order valence-corrected chi connectivity index (χ0v) is 14.5. The maximum Gasteiger partial charge on any atom is 0.193 e. The molecule has 24 heavy (non-hydrogen) atoms. The molecule has 0 amide bonds. The minimum absolute atomic E-state index is 0.103. The molecule has 0 aliphatic carbocycles. The van der Waals surface area contributed by atoms with Gasteiger partial charge in [0.25, 0.3) is 0 Å². The third-order valence-electron chi connectivity index (χ3n) is 4.59. The second-order valence-electron chi connectivity index (χ2n) is 6.19. The van der Waals surface area contributed by atoms with E-state index in [0.717, 1.165) is 44.4 Å². The van der Waals surface area contributed by atoms with Gasteiger partial charge in [-0.1, -0.05) is 18.2 Å². The Kier molecular flexibility index (Phi) is 5.93. The highest BCUT2D eigenvalue weighted by Gasteiger charge is 2.25. The van der Waals surface area contributed by atoms with Crippen LogP contribution in [0.2, 0.25) is 0 Å². The largest absolute Gasteiger partial charge is 0.493 e. The highest BCUT2D eigenvalue weighted by Crippen LogP contribution is 2.32. The van der Waals surface area contributed by atoms with Gasteiger partial charge in [0.2, 0.25) is 0 Å². The fraction of sp³-hybridized carbons (Fsp3) is 0.611. The quantitative estimate of drug-likeness (QED) is 0.668. The monoisotopic (exact) mass is 333 g/mol. The Bertz CT molecular complexity index is 562. The molecule has 2 atom stereocenters. The van der Waals surface area contributed by atoms with Gasteiger partial charge in [0.05, 0.1) is 25.9 Å². The van der Waals surface area contributed by atoms with Gasteiger partial charge in [-0.3, -0.25) is 4.99 Å². The van der Waals surface area contributed by atoms with Crippen molar-refractivity contribution >= 4 is 5.96 Å². The fourth-order valence-corrected chi connectivity index (χ4v) is 3.37. The number of benzene rings is 1. The van der Waals surface area contributed by atoms with Crippen molar-refractivity contribution in [3.05, 3.63) is 29.8 Å². The van der Waals surface area contributed by atoms with Crippen molar-refractivity contribution in [2.45, 2.75) is 18.4 Å². The predicted octanol–water partition coefficient (Wildman–Crippen LogP) is 1.48. The Morgan fingerprint density at radius 3 is 3.08 bits per heavy atom. The van der Waals surface area contributed by atoms with Gasteiger partial charge in [-0.2, -0.15) is 0 Å². The molecule has 0 saturated carbocycles. The molecular formula is C18H27N3O3. The lowest BCUT2D eigenvalue weighted by molar-refractivity contribution is -0.0447. The SMILES string of the molecule is CN=C(NCC1CCOc2ccccc21)N1CCOC(COC)C1. The molecule has 1 fully saturated rings. The summed E-state index contributed by atoms with van der Waals surface area (Å²) in [4.78, 5) is 6.70. The highest BCUT2D eigenvalue weighted by molar-refractivity contribution is 5.80. The number of morpholine rings is 1. The Hall–Kier alpha value is -1.79. The normalized spacial score (nSPS) is 24.2. The number of fused-ring (bicyclic) bond motifs is 1. The molecule has 1 aromatic carbocycles. The first-order valence-electron chi connectivity index (χ1n) is 8.59. The van der Waals surface area contributed by atoms with E-state index >= 15 is 0 Å². The summed E-state index contributed by atoms with van der Waals surface area (Å²) in [5.74, 6) is 2.39. The van der Waals surface area contributed by atoms with Crippen molar-refractivity contribution in [1.29, 1.82) is 0 Å². The van der Waals surface area contributed by atoms with Crippen LogP contribution in [0.25, 0.3) is 0 Å². The molecule has 2 aliphatic rings. The number of hydrogen-bond donors (Lipinski definition) is 1. The third-order valence-corrected chi connectivity index (χ3v) is 4.59. The van der Waals surface area contributed by atoms with Crippen LogP contribution in [-0.2, 0) is 9.47 Å². The fourth-order valence-electron chi connectivity index (χ4n) is 3.37. The molecule has 0 aromatic heterocycles. The molecule has 2 heterocycles. The number of rotatable bonds is 4. The van der Waals surface area contributed by atoms with Gasteiger partial charge in [0.1, 0.15) is 5.75 Å². The molecule has 6 heteroatoms. The third kappa shape index (κ3) is 3.99. The van der Waals surface area contributed by atoms with Crippen molar-refractivity contribution in [3.63, 3.8) is 0 Å². The van der Waals surface area contributed by atoms with Crippen molar-refractivity contribution in [3.8, 4) is 5.75 Å². The minimum Gasteiger partial charge on any atom is -0.493 e. The lowest BCUT2D eigenvalue weighted by Crippen LogP contribution is -2.52. The molecule has 0 bridgehead atoms. The van der Waals surface area contributed by atoms with Crippen LogP contribution in [0.5, 0.6) is 5.75 Å². The lowest BCUT2D eigenvalue weighted by Gasteiger charge is -2.35. The summed E-state index contributed by atoms with van der Waals surface area (Å²) >= 11 is 0. The van der Waals surface area contributed by atoms with Gasteiger partial charge >= 0.3 is 0 Å².